The lowest BCUT2D eigenvalue weighted by molar-refractivity contribution is 0.100. The largest absolute Gasteiger partial charge is 0.494 e. The maximum Gasteiger partial charge on any atom is 0.248 e. The van der Waals surface area contributed by atoms with E-state index < -0.39 is 5.91 Å². The van der Waals surface area contributed by atoms with Crippen molar-refractivity contribution < 1.29 is 9.53 Å². The third kappa shape index (κ3) is 2.93. The first-order valence-electron chi connectivity index (χ1n) is 7.16. The number of ether oxygens (including phenoxy) is 1. The Morgan fingerprint density at radius 3 is 2.68 bits per heavy atom. The van der Waals surface area contributed by atoms with Crippen molar-refractivity contribution in [3.8, 4) is 5.75 Å². The van der Waals surface area contributed by atoms with Crippen molar-refractivity contribution in [3.63, 3.8) is 0 Å². The average Bonchev–Trinajstić information content (AvgIpc) is 2.90. The minimum Gasteiger partial charge on any atom is -0.494 e. The molecule has 0 aliphatic heterocycles. The van der Waals surface area contributed by atoms with Crippen LogP contribution in [0.4, 0.5) is 0 Å². The van der Waals surface area contributed by atoms with Crippen molar-refractivity contribution in [1.29, 1.82) is 0 Å². The van der Waals surface area contributed by atoms with Crippen LogP contribution in [-0.2, 0) is 6.42 Å². The first-order chi connectivity index (χ1) is 10.7. The maximum absolute atomic E-state index is 11.2. The molecule has 0 unspecified atom stereocenters. The third-order valence-corrected chi connectivity index (χ3v) is 3.42. The number of amides is 1. The number of imidazole rings is 1. The molecule has 2 aromatic carbocycles. The summed E-state index contributed by atoms with van der Waals surface area (Å²) in [5.41, 5.74) is 8.53. The molecule has 0 bridgehead atoms. The van der Waals surface area contributed by atoms with Crippen molar-refractivity contribution in [1.82, 2.24) is 9.97 Å². The number of hydrogen-bond acceptors (Lipinski definition) is 3. The van der Waals surface area contributed by atoms with E-state index in [2.05, 4.69) is 9.97 Å². The molecule has 0 saturated carbocycles. The summed E-state index contributed by atoms with van der Waals surface area (Å²) < 4.78 is 5.43. The molecular weight excluding hydrogens is 278 g/mol. The number of carbonyl (C=O) groups excluding carboxylic acids is 1. The Labute approximate surface area is 128 Å². The fraction of sp³-hybridized carbons (Fsp3) is 0.176. The molecule has 22 heavy (non-hydrogen) atoms. The highest BCUT2D eigenvalue weighted by Gasteiger charge is 2.07. The van der Waals surface area contributed by atoms with Crippen LogP contribution in [0.25, 0.3) is 11.0 Å². The predicted octanol–water partition coefficient (Wildman–Crippen LogP) is 2.65. The molecule has 0 fully saturated rings. The van der Waals surface area contributed by atoms with Crippen LogP contribution in [0.1, 0.15) is 28.7 Å². The van der Waals surface area contributed by atoms with Gasteiger partial charge in [0.1, 0.15) is 11.6 Å². The van der Waals surface area contributed by atoms with Crippen molar-refractivity contribution >= 4 is 16.9 Å². The van der Waals surface area contributed by atoms with E-state index in [0.29, 0.717) is 18.6 Å². The fourth-order valence-electron chi connectivity index (χ4n) is 2.36. The quantitative estimate of drug-likeness (QED) is 0.759. The Kier molecular flexibility index (Phi) is 3.78. The smallest absolute Gasteiger partial charge is 0.248 e. The monoisotopic (exact) mass is 295 g/mol. The number of primary amides is 1. The van der Waals surface area contributed by atoms with Gasteiger partial charge in [-0.15, -0.1) is 0 Å². The van der Waals surface area contributed by atoms with E-state index >= 15 is 0 Å². The van der Waals surface area contributed by atoms with E-state index in [1.54, 1.807) is 12.1 Å². The van der Waals surface area contributed by atoms with E-state index in [-0.39, 0.29) is 0 Å². The number of benzene rings is 2. The van der Waals surface area contributed by atoms with E-state index in [1.165, 1.54) is 0 Å². The number of rotatable bonds is 5. The molecule has 1 amide bonds. The summed E-state index contributed by atoms with van der Waals surface area (Å²) in [6.07, 6.45) is 0.687. The van der Waals surface area contributed by atoms with E-state index in [9.17, 15) is 4.79 Å². The normalized spacial score (nSPS) is 10.8. The van der Waals surface area contributed by atoms with Crippen molar-refractivity contribution in [3.05, 3.63) is 59.4 Å². The van der Waals surface area contributed by atoms with Crippen LogP contribution < -0.4 is 10.5 Å². The maximum atomic E-state index is 11.2. The minimum atomic E-state index is -0.446. The molecule has 0 radical (unpaired) electrons. The van der Waals surface area contributed by atoms with Gasteiger partial charge in [0.05, 0.1) is 17.6 Å². The number of fused-ring (bicyclic) bond motifs is 1. The van der Waals surface area contributed by atoms with Gasteiger partial charge >= 0.3 is 0 Å². The summed E-state index contributed by atoms with van der Waals surface area (Å²) in [6, 6.07) is 13.2. The topological polar surface area (TPSA) is 81.0 Å². The Bertz CT molecular complexity index is 806. The molecule has 3 rings (SSSR count). The van der Waals surface area contributed by atoms with Gasteiger partial charge in [-0.2, -0.15) is 0 Å². The first-order valence-corrected chi connectivity index (χ1v) is 7.16. The van der Waals surface area contributed by atoms with Gasteiger partial charge in [0, 0.05) is 12.0 Å². The van der Waals surface area contributed by atoms with E-state index in [1.807, 2.05) is 37.3 Å². The van der Waals surface area contributed by atoms with Crippen LogP contribution in [0.3, 0.4) is 0 Å². The second kappa shape index (κ2) is 5.89. The molecule has 5 nitrogen and oxygen atoms in total. The van der Waals surface area contributed by atoms with Crippen LogP contribution in [-0.4, -0.2) is 22.5 Å². The standard InChI is InChI=1S/C17H17N3O2/c1-2-22-13-6-3-11(4-7-13)9-16-19-14-8-5-12(17(18)21)10-15(14)20-16/h3-8,10H,2,9H2,1H3,(H2,18,21)(H,19,20). The van der Waals surface area contributed by atoms with Crippen LogP contribution in [0, 0.1) is 0 Å². The van der Waals surface area contributed by atoms with Gasteiger partial charge in [0.15, 0.2) is 0 Å². The summed E-state index contributed by atoms with van der Waals surface area (Å²) in [4.78, 5) is 19.0. The fourth-order valence-corrected chi connectivity index (χ4v) is 2.36. The van der Waals surface area contributed by atoms with Crippen LogP contribution in [0.2, 0.25) is 0 Å². The van der Waals surface area contributed by atoms with Gasteiger partial charge in [-0.3, -0.25) is 4.79 Å². The Balaban J connectivity index is 1.82. The van der Waals surface area contributed by atoms with Gasteiger partial charge in [0.2, 0.25) is 5.91 Å². The summed E-state index contributed by atoms with van der Waals surface area (Å²) in [5, 5.41) is 0. The van der Waals surface area contributed by atoms with Gasteiger partial charge < -0.3 is 15.5 Å². The molecule has 1 heterocycles. The molecule has 3 aromatic rings. The summed E-state index contributed by atoms with van der Waals surface area (Å²) in [7, 11) is 0. The number of aromatic amines is 1. The molecular formula is C17H17N3O2. The molecule has 0 aliphatic carbocycles. The van der Waals surface area contributed by atoms with Crippen LogP contribution in [0.5, 0.6) is 5.75 Å². The minimum absolute atomic E-state index is 0.446. The van der Waals surface area contributed by atoms with Crippen molar-refractivity contribution in [2.75, 3.05) is 6.61 Å². The lowest BCUT2D eigenvalue weighted by atomic mass is 10.1. The second-order valence-electron chi connectivity index (χ2n) is 5.03. The highest BCUT2D eigenvalue weighted by Crippen LogP contribution is 2.17. The summed E-state index contributed by atoms with van der Waals surface area (Å²) in [6.45, 7) is 2.62. The van der Waals surface area contributed by atoms with E-state index in [0.717, 1.165) is 28.2 Å². The molecule has 0 spiro atoms. The number of nitrogens with one attached hydrogen (secondary N) is 1. The Morgan fingerprint density at radius 1 is 1.23 bits per heavy atom. The summed E-state index contributed by atoms with van der Waals surface area (Å²) in [5.74, 6) is 1.26. The first kappa shape index (κ1) is 14.1. The molecule has 3 N–H and O–H groups in total. The highest BCUT2D eigenvalue weighted by molar-refractivity contribution is 5.96. The predicted molar refractivity (Wildman–Crippen MR) is 85.0 cm³/mol. The van der Waals surface area contributed by atoms with E-state index in [4.69, 9.17) is 10.5 Å². The molecule has 5 heteroatoms. The number of H-pyrrole nitrogens is 1. The highest BCUT2D eigenvalue weighted by atomic mass is 16.5. The third-order valence-electron chi connectivity index (χ3n) is 3.42. The number of nitrogens with zero attached hydrogens (tertiary/aromatic N) is 1. The molecule has 0 saturated heterocycles. The van der Waals surface area contributed by atoms with Gasteiger partial charge in [0.25, 0.3) is 0 Å². The zero-order valence-electron chi connectivity index (χ0n) is 12.3. The van der Waals surface area contributed by atoms with Crippen molar-refractivity contribution in [2.45, 2.75) is 13.3 Å². The molecule has 112 valence electrons. The SMILES string of the molecule is CCOc1ccc(Cc2nc3cc(C(N)=O)ccc3[nH]2)cc1. The Morgan fingerprint density at radius 2 is 2.00 bits per heavy atom. The summed E-state index contributed by atoms with van der Waals surface area (Å²) >= 11 is 0. The number of aromatic nitrogens is 2. The van der Waals surface area contributed by atoms with Crippen molar-refractivity contribution in [2.24, 2.45) is 5.73 Å². The van der Waals surface area contributed by atoms with Gasteiger partial charge in [-0.05, 0) is 42.8 Å². The lowest BCUT2D eigenvalue weighted by Gasteiger charge is -2.03. The average molecular weight is 295 g/mol. The Hall–Kier alpha value is -2.82. The van der Waals surface area contributed by atoms with Crippen LogP contribution >= 0.6 is 0 Å². The number of carbonyl (C=O) groups is 1. The number of hydrogen-bond donors (Lipinski definition) is 2. The lowest BCUT2D eigenvalue weighted by Crippen LogP contribution is -2.10. The van der Waals surface area contributed by atoms with Gasteiger partial charge in [-0.25, -0.2) is 4.98 Å². The zero-order valence-corrected chi connectivity index (χ0v) is 12.3. The molecule has 1 aromatic heterocycles. The van der Waals surface area contributed by atoms with Crippen LogP contribution in [0.15, 0.2) is 42.5 Å². The van der Waals surface area contributed by atoms with Gasteiger partial charge in [-0.1, -0.05) is 12.1 Å². The second-order valence-corrected chi connectivity index (χ2v) is 5.03. The molecule has 0 aliphatic rings. The number of nitrogens with two attached hydrogens (primary N) is 1. The molecule has 0 atom stereocenters. The zero-order chi connectivity index (χ0) is 15.5.